The molecule has 0 aliphatic carbocycles. The highest BCUT2D eigenvalue weighted by Gasteiger charge is 2.30. The Morgan fingerprint density at radius 1 is 0.650 bits per heavy atom. The molecule has 0 saturated heterocycles. The van der Waals surface area contributed by atoms with Gasteiger partial charge in [0.25, 0.3) is 0 Å². The van der Waals surface area contributed by atoms with Gasteiger partial charge in [-0.3, -0.25) is 29.2 Å². The maximum Gasteiger partial charge on any atom is 0.326 e. The molecular formula is C22H44N12O6. The van der Waals surface area contributed by atoms with Crippen LogP contribution in [0.2, 0.25) is 0 Å². The largest absolute Gasteiger partial charge is 0.480 e. The van der Waals surface area contributed by atoms with E-state index in [-0.39, 0.29) is 44.3 Å². The summed E-state index contributed by atoms with van der Waals surface area (Å²) in [6.45, 7) is 0.755. The summed E-state index contributed by atoms with van der Waals surface area (Å²) in [7, 11) is 0. The third-order valence-corrected chi connectivity index (χ3v) is 5.48. The Bertz CT molecular complexity index is 905. The van der Waals surface area contributed by atoms with E-state index < -0.39 is 60.2 Å². The van der Waals surface area contributed by atoms with Crippen LogP contribution in [0.5, 0.6) is 0 Å². The molecule has 4 unspecified atom stereocenters. The molecule has 4 atom stereocenters. The van der Waals surface area contributed by atoms with Crippen LogP contribution in [0.4, 0.5) is 0 Å². The van der Waals surface area contributed by atoms with Crippen LogP contribution in [0.15, 0.2) is 9.98 Å². The van der Waals surface area contributed by atoms with Crippen molar-refractivity contribution in [1.29, 1.82) is 0 Å². The smallest absolute Gasteiger partial charge is 0.326 e. The van der Waals surface area contributed by atoms with Crippen molar-refractivity contribution >= 4 is 41.5 Å². The molecule has 0 aromatic carbocycles. The van der Waals surface area contributed by atoms with Crippen LogP contribution in [0.3, 0.4) is 0 Å². The van der Waals surface area contributed by atoms with Gasteiger partial charge in [0.2, 0.25) is 23.6 Å². The molecule has 18 N–H and O–H groups in total. The summed E-state index contributed by atoms with van der Waals surface area (Å²) < 4.78 is 0. The first-order chi connectivity index (χ1) is 18.8. The van der Waals surface area contributed by atoms with Crippen molar-refractivity contribution in [2.75, 3.05) is 19.6 Å². The van der Waals surface area contributed by atoms with E-state index in [9.17, 15) is 29.1 Å². The zero-order chi connectivity index (χ0) is 30.7. The molecule has 18 heteroatoms. The fourth-order valence-electron chi connectivity index (χ4n) is 3.41. The molecule has 0 fully saturated rings. The minimum Gasteiger partial charge on any atom is -0.480 e. The molecule has 0 aliphatic heterocycles. The van der Waals surface area contributed by atoms with Crippen molar-refractivity contribution in [1.82, 2.24) is 16.0 Å². The first-order valence-corrected chi connectivity index (χ1v) is 12.8. The third kappa shape index (κ3) is 16.6. The number of guanidine groups is 2. The second kappa shape index (κ2) is 19.8. The molecule has 40 heavy (non-hydrogen) atoms. The van der Waals surface area contributed by atoms with Gasteiger partial charge in [-0.2, -0.15) is 0 Å². The average molecular weight is 573 g/mol. The molecule has 0 aliphatic rings. The molecule has 0 bridgehead atoms. The maximum atomic E-state index is 13.2. The Morgan fingerprint density at radius 3 is 1.55 bits per heavy atom. The highest BCUT2D eigenvalue weighted by Crippen LogP contribution is 2.07. The van der Waals surface area contributed by atoms with Crippen molar-refractivity contribution in [2.45, 2.75) is 75.5 Å². The van der Waals surface area contributed by atoms with Gasteiger partial charge in [0.05, 0.1) is 12.5 Å². The van der Waals surface area contributed by atoms with E-state index in [0.29, 0.717) is 32.2 Å². The number of aliphatic carboxylic acids is 1. The van der Waals surface area contributed by atoms with Crippen molar-refractivity contribution in [2.24, 2.45) is 50.1 Å². The lowest BCUT2D eigenvalue weighted by Gasteiger charge is -2.25. The molecule has 0 heterocycles. The molecule has 228 valence electrons. The van der Waals surface area contributed by atoms with E-state index >= 15 is 0 Å². The summed E-state index contributed by atoms with van der Waals surface area (Å²) in [5, 5.41) is 16.6. The molecule has 0 saturated carbocycles. The molecule has 0 aromatic rings. The van der Waals surface area contributed by atoms with Crippen LogP contribution < -0.4 is 56.1 Å². The number of aliphatic imine (C=N–C) groups is 2. The summed E-state index contributed by atoms with van der Waals surface area (Å²) in [5.41, 5.74) is 37.7. The lowest BCUT2D eigenvalue weighted by atomic mass is 10.0. The monoisotopic (exact) mass is 572 g/mol. The highest BCUT2D eigenvalue weighted by molar-refractivity contribution is 5.94. The minimum atomic E-state index is -1.59. The molecule has 0 spiro atoms. The average Bonchev–Trinajstić information content (AvgIpc) is 2.86. The fourth-order valence-corrected chi connectivity index (χ4v) is 3.41. The molecule has 0 rings (SSSR count). The maximum absolute atomic E-state index is 13.2. The number of carboxylic acid groups (broad SMARTS) is 1. The predicted octanol–water partition coefficient (Wildman–Crippen LogP) is -5.04. The van der Waals surface area contributed by atoms with Crippen molar-refractivity contribution in [3.63, 3.8) is 0 Å². The minimum absolute atomic E-state index is 0.0889. The SMILES string of the molecule is NCCCCC(NC(=O)C(CCCN=C(N)N)NC(=O)C(N)CCCN=C(N)N)C(=O)NC(CC(N)=O)C(=O)O. The fraction of sp³-hybridized carbons (Fsp3) is 0.682. The lowest BCUT2D eigenvalue weighted by molar-refractivity contribution is -0.143. The number of nitrogens with one attached hydrogen (secondary N) is 3. The van der Waals surface area contributed by atoms with E-state index in [1.54, 1.807) is 0 Å². The zero-order valence-electron chi connectivity index (χ0n) is 22.5. The number of nitrogens with zero attached hydrogens (tertiary/aromatic N) is 2. The van der Waals surface area contributed by atoms with E-state index in [1.165, 1.54) is 0 Å². The van der Waals surface area contributed by atoms with Crippen LogP contribution in [-0.2, 0) is 24.0 Å². The Balaban J connectivity index is 5.62. The highest BCUT2D eigenvalue weighted by atomic mass is 16.4. The predicted molar refractivity (Wildman–Crippen MR) is 148 cm³/mol. The first-order valence-electron chi connectivity index (χ1n) is 12.8. The van der Waals surface area contributed by atoms with E-state index in [2.05, 4.69) is 25.9 Å². The van der Waals surface area contributed by atoms with Gasteiger partial charge in [0, 0.05) is 13.1 Å². The van der Waals surface area contributed by atoms with Crippen LogP contribution in [0.1, 0.15) is 51.4 Å². The summed E-state index contributed by atoms with van der Waals surface area (Å²) >= 11 is 0. The van der Waals surface area contributed by atoms with E-state index in [4.69, 9.17) is 40.1 Å². The number of hydrogen-bond donors (Lipinski definition) is 11. The van der Waals surface area contributed by atoms with Crippen molar-refractivity contribution in [3.05, 3.63) is 0 Å². The number of hydrogen-bond acceptors (Lipinski definition) is 9. The van der Waals surface area contributed by atoms with E-state index in [1.807, 2.05) is 0 Å². The summed E-state index contributed by atoms with van der Waals surface area (Å²) in [5.74, 6) is -4.84. The summed E-state index contributed by atoms with van der Waals surface area (Å²) in [4.78, 5) is 69.2. The summed E-state index contributed by atoms with van der Waals surface area (Å²) in [6.07, 6.45) is 1.43. The lowest BCUT2D eigenvalue weighted by Crippen LogP contribution is -2.57. The van der Waals surface area contributed by atoms with Crippen LogP contribution in [0.25, 0.3) is 0 Å². The second-order valence-electron chi connectivity index (χ2n) is 8.98. The zero-order valence-corrected chi connectivity index (χ0v) is 22.5. The van der Waals surface area contributed by atoms with Gasteiger partial charge >= 0.3 is 5.97 Å². The Labute approximate surface area is 232 Å². The number of unbranched alkanes of at least 4 members (excludes halogenated alkanes) is 1. The van der Waals surface area contributed by atoms with Gasteiger partial charge < -0.3 is 61.2 Å². The van der Waals surface area contributed by atoms with Crippen LogP contribution >= 0.6 is 0 Å². The van der Waals surface area contributed by atoms with Gasteiger partial charge in [-0.15, -0.1) is 0 Å². The van der Waals surface area contributed by atoms with Gasteiger partial charge in [-0.1, -0.05) is 0 Å². The topological polar surface area (TPSA) is 349 Å². The number of carbonyl (C=O) groups is 5. The molecule has 18 nitrogen and oxygen atoms in total. The third-order valence-electron chi connectivity index (χ3n) is 5.48. The Kier molecular flexibility index (Phi) is 17.7. The Morgan fingerprint density at radius 2 is 1.10 bits per heavy atom. The number of carboxylic acids is 1. The van der Waals surface area contributed by atoms with Gasteiger partial charge in [0.1, 0.15) is 18.1 Å². The number of rotatable bonds is 21. The van der Waals surface area contributed by atoms with Crippen molar-refractivity contribution < 1.29 is 29.1 Å². The first kappa shape index (κ1) is 35.8. The van der Waals surface area contributed by atoms with Crippen LogP contribution in [0, 0.1) is 0 Å². The number of primary amides is 1. The van der Waals surface area contributed by atoms with Gasteiger partial charge in [0.15, 0.2) is 11.9 Å². The molecule has 4 amide bonds. The number of nitrogens with two attached hydrogens (primary N) is 7. The van der Waals surface area contributed by atoms with Crippen molar-refractivity contribution in [3.8, 4) is 0 Å². The molecule has 0 radical (unpaired) electrons. The quantitative estimate of drug-likeness (QED) is 0.0349. The normalized spacial score (nSPS) is 13.6. The number of carbonyl (C=O) groups excluding carboxylic acids is 4. The molecular weight excluding hydrogens is 528 g/mol. The number of amides is 4. The Hall–Kier alpha value is -4.19. The van der Waals surface area contributed by atoms with E-state index in [0.717, 1.165) is 0 Å². The van der Waals surface area contributed by atoms with Gasteiger partial charge in [-0.25, -0.2) is 4.79 Å². The van der Waals surface area contributed by atoms with Gasteiger partial charge in [-0.05, 0) is 51.5 Å². The standard InChI is InChI=1S/C22H44N12O6/c23-8-2-1-6-13(19(38)34-15(20(39)40)11-16(25)35)33-18(37)14(7-4-10-31-22(28)29)32-17(36)12(24)5-3-9-30-21(26)27/h12-15H,1-11,23-24H2,(H2,25,35)(H,32,36)(H,33,37)(H,34,38)(H,39,40)(H4,26,27,30)(H4,28,29,31). The molecule has 0 aromatic heterocycles. The second-order valence-corrected chi connectivity index (χ2v) is 8.98. The van der Waals surface area contributed by atoms with Crippen LogP contribution in [-0.4, -0.2) is 90.4 Å². The summed E-state index contributed by atoms with van der Waals surface area (Å²) in [6, 6.07) is -4.89.